The molecule has 0 radical (unpaired) electrons. The van der Waals surface area contributed by atoms with Crippen LogP contribution in [0.5, 0.6) is 0 Å². The summed E-state index contributed by atoms with van der Waals surface area (Å²) in [6.07, 6.45) is 0. The molecule has 0 aliphatic rings. The zero-order valence-electron chi connectivity index (χ0n) is 6.42. The summed E-state index contributed by atoms with van der Waals surface area (Å²) in [5.74, 6) is 0. The molecule has 4 heteroatoms. The quantitative estimate of drug-likeness (QED) is 0.154. The minimum absolute atomic E-state index is 0.250. The van der Waals surface area contributed by atoms with E-state index in [1.54, 1.807) is 21.1 Å². The van der Waals surface area contributed by atoms with Gasteiger partial charge in [0.1, 0.15) is 13.8 Å². The number of hydroxylamine groups is 4. The van der Waals surface area contributed by atoms with Crippen molar-refractivity contribution in [1.29, 1.82) is 0 Å². The molecule has 0 amide bonds. The normalized spacial score (nSPS) is 9.44. The molecule has 0 bridgehead atoms. The van der Waals surface area contributed by atoms with Gasteiger partial charge in [0.15, 0.2) is 0 Å². The van der Waals surface area contributed by atoms with Crippen molar-refractivity contribution in [2.45, 2.75) is 0 Å². The summed E-state index contributed by atoms with van der Waals surface area (Å²) < 4.78 is 0.250. The van der Waals surface area contributed by atoms with Crippen LogP contribution >= 0.6 is 0 Å². The van der Waals surface area contributed by atoms with Crippen LogP contribution in [0.2, 0.25) is 0 Å². The first-order valence-corrected chi connectivity index (χ1v) is 2.47. The van der Waals surface area contributed by atoms with E-state index >= 15 is 0 Å². The third-order valence-corrected chi connectivity index (χ3v) is 0. The van der Waals surface area contributed by atoms with Crippen LogP contribution in [0.15, 0.2) is 0 Å². The van der Waals surface area contributed by atoms with Crippen molar-refractivity contribution < 1.29 is 9.39 Å². The molecule has 0 aromatic carbocycles. The van der Waals surface area contributed by atoms with E-state index in [0.717, 1.165) is 0 Å². The van der Waals surface area contributed by atoms with E-state index < -0.39 is 0 Å². The molecule has 0 spiro atoms. The van der Waals surface area contributed by atoms with Gasteiger partial charge in [0.05, 0.1) is 21.1 Å². The van der Waals surface area contributed by atoms with Crippen LogP contribution in [-0.4, -0.2) is 44.3 Å². The van der Waals surface area contributed by atoms with Crippen LogP contribution in [0.25, 0.3) is 0 Å². The summed E-state index contributed by atoms with van der Waals surface area (Å²) in [6.45, 7) is 2.92. The van der Waals surface area contributed by atoms with Crippen molar-refractivity contribution >= 4 is 6.72 Å². The molecular weight excluding hydrogens is 120 g/mol. The number of nitrogens with zero attached hydrogens (tertiary/aromatic N) is 2. The summed E-state index contributed by atoms with van der Waals surface area (Å²) in [5, 5.41) is 19.3. The lowest BCUT2D eigenvalue weighted by molar-refractivity contribution is -0.818. The van der Waals surface area contributed by atoms with Crippen molar-refractivity contribution in [3.63, 3.8) is 0 Å². The van der Waals surface area contributed by atoms with Gasteiger partial charge < -0.3 is 15.1 Å². The topological polar surface area (TPSA) is 49.1 Å². The monoisotopic (exact) mass is 134 g/mol. The largest absolute Gasteiger partial charge is 0.633 e. The summed E-state index contributed by atoms with van der Waals surface area (Å²) in [4.78, 5) is 0. The Kier molecular flexibility index (Phi) is 5.34. The lowest BCUT2D eigenvalue weighted by atomic mass is 11.0. The minimum Gasteiger partial charge on any atom is -0.633 e. The first-order chi connectivity index (χ1) is 3.73. The van der Waals surface area contributed by atoms with E-state index in [4.69, 9.17) is 0 Å². The van der Waals surface area contributed by atoms with Crippen molar-refractivity contribution in [3.05, 3.63) is 10.4 Å². The molecule has 0 aromatic rings. The van der Waals surface area contributed by atoms with Gasteiger partial charge in [-0.3, -0.25) is 0 Å². The SMILES string of the molecule is C=[N+](C)[O-].C[N+](C)(C)[O-]. The van der Waals surface area contributed by atoms with E-state index in [-0.39, 0.29) is 4.65 Å². The Morgan fingerprint density at radius 2 is 1.33 bits per heavy atom. The van der Waals surface area contributed by atoms with Gasteiger partial charge in [-0.2, -0.15) is 0 Å². The van der Waals surface area contributed by atoms with Gasteiger partial charge in [-0.25, -0.2) is 4.74 Å². The molecule has 0 fully saturated rings. The number of quaternary nitrogens is 1. The molecule has 0 aromatic heterocycles. The van der Waals surface area contributed by atoms with Gasteiger partial charge >= 0.3 is 0 Å². The Morgan fingerprint density at radius 1 is 1.33 bits per heavy atom. The molecule has 0 unspecified atom stereocenters. The molecule has 0 saturated carbocycles. The molecule has 0 aliphatic carbocycles. The molecule has 0 aliphatic heterocycles. The van der Waals surface area contributed by atoms with Crippen molar-refractivity contribution in [2.75, 3.05) is 28.2 Å². The molecule has 0 heterocycles. The average Bonchev–Trinajstić information content (AvgIpc) is 1.19. The molecule has 0 atom stereocenters. The molecule has 4 nitrogen and oxygen atoms in total. The summed E-state index contributed by atoms with van der Waals surface area (Å²) in [6, 6.07) is 0. The van der Waals surface area contributed by atoms with Crippen LogP contribution < -0.4 is 0 Å². The van der Waals surface area contributed by atoms with Crippen molar-refractivity contribution in [2.24, 2.45) is 0 Å². The Bertz CT molecular complexity index is 75.4. The van der Waals surface area contributed by atoms with Gasteiger partial charge in [-0.1, -0.05) is 0 Å². The number of hydrogen-bond donors (Lipinski definition) is 0. The summed E-state index contributed by atoms with van der Waals surface area (Å²) >= 11 is 0. The number of rotatable bonds is 0. The summed E-state index contributed by atoms with van der Waals surface area (Å²) in [7, 11) is 6.04. The van der Waals surface area contributed by atoms with Crippen LogP contribution in [0.4, 0.5) is 0 Å². The Balaban J connectivity index is 0. The van der Waals surface area contributed by atoms with Crippen LogP contribution in [-0.2, 0) is 0 Å². The molecular formula is C5H14N2O2. The standard InChI is InChI=1S/C3H9NO.C2H5NO/c1-4(2,3)5;1-3(2)4/h1-3H3;1H2,2H3. The van der Waals surface area contributed by atoms with Gasteiger partial charge in [-0.05, 0) is 0 Å². The van der Waals surface area contributed by atoms with E-state index in [2.05, 4.69) is 6.72 Å². The molecule has 56 valence electrons. The first-order valence-electron chi connectivity index (χ1n) is 2.47. The zero-order chi connectivity index (χ0) is 8.08. The molecule has 0 N–H and O–H groups in total. The molecule has 0 saturated heterocycles. The van der Waals surface area contributed by atoms with Crippen LogP contribution in [0, 0.1) is 10.4 Å². The molecule has 0 rings (SSSR count). The van der Waals surface area contributed by atoms with Gasteiger partial charge in [-0.15, -0.1) is 0 Å². The van der Waals surface area contributed by atoms with E-state index in [1.165, 1.54) is 7.05 Å². The molecule has 9 heavy (non-hydrogen) atoms. The highest BCUT2D eigenvalue weighted by molar-refractivity contribution is 5.14. The lowest BCUT2D eigenvalue weighted by Gasteiger charge is -2.27. The fourth-order valence-electron chi connectivity index (χ4n) is 0. The third kappa shape index (κ3) is 577. The predicted molar refractivity (Wildman–Crippen MR) is 38.1 cm³/mol. The maximum absolute atomic E-state index is 10.0. The van der Waals surface area contributed by atoms with E-state index in [0.29, 0.717) is 4.74 Å². The highest BCUT2D eigenvalue weighted by Gasteiger charge is 1.79. The Labute approximate surface area is 55.8 Å². The van der Waals surface area contributed by atoms with E-state index in [9.17, 15) is 10.4 Å². The maximum Gasteiger partial charge on any atom is 0.142 e. The lowest BCUT2D eigenvalue weighted by Crippen LogP contribution is -2.25. The van der Waals surface area contributed by atoms with Gasteiger partial charge in [0.25, 0.3) is 0 Å². The zero-order valence-corrected chi connectivity index (χ0v) is 6.42. The Hall–Kier alpha value is -0.610. The van der Waals surface area contributed by atoms with E-state index in [1.807, 2.05) is 0 Å². The third-order valence-electron chi connectivity index (χ3n) is 0. The van der Waals surface area contributed by atoms with Crippen molar-refractivity contribution in [3.8, 4) is 0 Å². The Morgan fingerprint density at radius 3 is 1.33 bits per heavy atom. The second kappa shape index (κ2) is 4.29. The highest BCUT2D eigenvalue weighted by atomic mass is 16.5. The minimum atomic E-state index is -0.250. The van der Waals surface area contributed by atoms with Gasteiger partial charge in [0, 0.05) is 0 Å². The maximum atomic E-state index is 10.0. The smallest absolute Gasteiger partial charge is 0.142 e. The highest BCUT2D eigenvalue weighted by Crippen LogP contribution is 1.77. The summed E-state index contributed by atoms with van der Waals surface area (Å²) in [5.41, 5.74) is 0. The first kappa shape index (κ1) is 11.2. The van der Waals surface area contributed by atoms with Crippen LogP contribution in [0.1, 0.15) is 0 Å². The average molecular weight is 134 g/mol. The second-order valence-corrected chi connectivity index (χ2v) is 2.52. The van der Waals surface area contributed by atoms with Gasteiger partial charge in [0.2, 0.25) is 0 Å². The predicted octanol–water partition coefficient (Wildman–Crippen LogP) is 0.0175. The fourth-order valence-corrected chi connectivity index (χ4v) is 0. The fraction of sp³-hybridized carbons (Fsp3) is 0.800. The van der Waals surface area contributed by atoms with Crippen LogP contribution in [0.3, 0.4) is 0 Å². The van der Waals surface area contributed by atoms with Crippen molar-refractivity contribution in [1.82, 2.24) is 0 Å². The number of hydrogen-bond acceptors (Lipinski definition) is 2. The second-order valence-electron chi connectivity index (χ2n) is 2.52.